The quantitative estimate of drug-likeness (QED) is 0.700. The van der Waals surface area contributed by atoms with Gasteiger partial charge in [-0.25, -0.2) is 0 Å². The Hall–Kier alpha value is -1.35. The summed E-state index contributed by atoms with van der Waals surface area (Å²) in [6.45, 7) is 6.37. The Bertz CT molecular complexity index is 361. The van der Waals surface area contributed by atoms with Crippen molar-refractivity contribution < 1.29 is 15.0 Å². The molecule has 0 aliphatic rings. The van der Waals surface area contributed by atoms with E-state index in [0.717, 1.165) is 0 Å². The molecule has 0 spiro atoms. The summed E-state index contributed by atoms with van der Waals surface area (Å²) in [5.74, 6) is -0.465. The van der Waals surface area contributed by atoms with Crippen LogP contribution in [-0.2, 0) is 0 Å². The van der Waals surface area contributed by atoms with E-state index >= 15 is 0 Å². The van der Waals surface area contributed by atoms with Gasteiger partial charge in [-0.15, -0.1) is 0 Å². The molecule has 1 radical (unpaired) electrons. The van der Waals surface area contributed by atoms with Crippen molar-refractivity contribution in [1.82, 2.24) is 0 Å². The number of hydrogen-bond donors (Lipinski definition) is 2. The molecule has 0 saturated heterocycles. The summed E-state index contributed by atoms with van der Waals surface area (Å²) in [4.78, 5) is 11.5. The molecule has 1 aromatic carbocycles. The second-order valence-electron chi connectivity index (χ2n) is 3.73. The molecule has 0 fully saturated rings. The van der Waals surface area contributed by atoms with Crippen LogP contribution in [0.3, 0.4) is 0 Å². The number of phenols is 1. The van der Waals surface area contributed by atoms with Crippen LogP contribution in [0.4, 0.5) is 0 Å². The van der Waals surface area contributed by atoms with E-state index in [4.69, 9.17) is 0 Å². The van der Waals surface area contributed by atoms with E-state index < -0.39 is 11.4 Å². The van der Waals surface area contributed by atoms with Crippen molar-refractivity contribution >= 4 is 5.78 Å². The third kappa shape index (κ3) is 2.12. The molecule has 0 bridgehead atoms. The number of ketones is 1. The molecular weight excluding hydrogens is 180 g/mol. The maximum atomic E-state index is 11.5. The van der Waals surface area contributed by atoms with Crippen LogP contribution in [0.25, 0.3) is 0 Å². The highest BCUT2D eigenvalue weighted by Gasteiger charge is 2.25. The highest BCUT2D eigenvalue weighted by atomic mass is 16.3. The summed E-state index contributed by atoms with van der Waals surface area (Å²) in [6, 6.07) is 4.37. The summed E-state index contributed by atoms with van der Waals surface area (Å²) < 4.78 is 0. The number of rotatable bonds is 2. The maximum absolute atomic E-state index is 11.5. The van der Waals surface area contributed by atoms with Gasteiger partial charge in [-0.2, -0.15) is 0 Å². The Kier molecular flexibility index (Phi) is 2.62. The fourth-order valence-electron chi connectivity index (χ4n) is 1.06. The van der Waals surface area contributed by atoms with Gasteiger partial charge in [-0.3, -0.25) is 4.79 Å². The van der Waals surface area contributed by atoms with Crippen LogP contribution in [-0.4, -0.2) is 21.6 Å². The molecule has 0 heterocycles. The first kappa shape index (κ1) is 10.7. The highest BCUT2D eigenvalue weighted by molar-refractivity contribution is 6.02. The summed E-state index contributed by atoms with van der Waals surface area (Å²) in [6.07, 6.45) is 0. The highest BCUT2D eigenvalue weighted by Crippen LogP contribution is 2.20. The zero-order valence-electron chi connectivity index (χ0n) is 8.24. The maximum Gasteiger partial charge on any atom is 0.193 e. The van der Waals surface area contributed by atoms with Gasteiger partial charge in [-0.1, -0.05) is 12.1 Å². The van der Waals surface area contributed by atoms with Crippen molar-refractivity contribution in [3.63, 3.8) is 0 Å². The number of carbonyl (C=O) groups excluding carboxylic acids is 1. The van der Waals surface area contributed by atoms with Crippen LogP contribution in [0.5, 0.6) is 5.75 Å². The van der Waals surface area contributed by atoms with Crippen molar-refractivity contribution in [1.29, 1.82) is 0 Å². The largest absolute Gasteiger partial charge is 0.508 e. The zero-order chi connectivity index (χ0) is 10.9. The van der Waals surface area contributed by atoms with Crippen LogP contribution in [0.2, 0.25) is 0 Å². The molecular formula is C11H13O3. The lowest BCUT2D eigenvalue weighted by atomic mass is 9.96. The molecule has 0 amide bonds. The second kappa shape index (κ2) is 3.42. The molecule has 0 aliphatic heterocycles. The topological polar surface area (TPSA) is 57.5 Å². The monoisotopic (exact) mass is 193 g/mol. The van der Waals surface area contributed by atoms with E-state index in [-0.39, 0.29) is 11.3 Å². The van der Waals surface area contributed by atoms with Gasteiger partial charge in [0, 0.05) is 5.56 Å². The zero-order valence-corrected chi connectivity index (χ0v) is 8.24. The van der Waals surface area contributed by atoms with Gasteiger partial charge in [0.1, 0.15) is 11.4 Å². The van der Waals surface area contributed by atoms with Crippen molar-refractivity contribution in [3.05, 3.63) is 36.2 Å². The summed E-state index contributed by atoms with van der Waals surface area (Å²) in [5.41, 5.74) is -0.686. The van der Waals surface area contributed by atoms with Crippen LogP contribution >= 0.6 is 0 Å². The standard InChI is InChI=1S/C11H13O3/c1-7-4-5-8(6-9(7)12)10(13)11(2,3)14/h4-6,12,14H,1H2,2-3H3. The molecule has 2 N–H and O–H groups in total. The lowest BCUT2D eigenvalue weighted by Crippen LogP contribution is -2.31. The van der Waals surface area contributed by atoms with E-state index in [2.05, 4.69) is 6.92 Å². The average Bonchev–Trinajstić information content (AvgIpc) is 2.07. The fourth-order valence-corrected chi connectivity index (χ4v) is 1.06. The molecule has 0 unspecified atom stereocenters. The van der Waals surface area contributed by atoms with Gasteiger partial charge >= 0.3 is 0 Å². The van der Waals surface area contributed by atoms with Gasteiger partial charge in [0.05, 0.1) is 0 Å². The molecule has 1 rings (SSSR count). The Morgan fingerprint density at radius 1 is 1.43 bits per heavy atom. The van der Waals surface area contributed by atoms with Crippen LogP contribution < -0.4 is 0 Å². The van der Waals surface area contributed by atoms with Gasteiger partial charge in [0.25, 0.3) is 0 Å². The number of aliphatic hydroxyl groups is 1. The molecule has 14 heavy (non-hydrogen) atoms. The first-order valence-corrected chi connectivity index (χ1v) is 4.24. The Labute approximate surface area is 83.0 Å². The van der Waals surface area contributed by atoms with Crippen molar-refractivity contribution in [2.24, 2.45) is 0 Å². The number of hydrogen-bond acceptors (Lipinski definition) is 3. The van der Waals surface area contributed by atoms with E-state index in [1.807, 2.05) is 0 Å². The molecule has 0 atom stereocenters. The predicted molar refractivity (Wildman–Crippen MR) is 53.2 cm³/mol. The molecule has 0 aliphatic carbocycles. The average molecular weight is 193 g/mol. The normalized spacial score (nSPS) is 11.4. The Balaban J connectivity index is 3.10. The van der Waals surface area contributed by atoms with Crippen LogP contribution in [0, 0.1) is 6.92 Å². The third-order valence-corrected chi connectivity index (χ3v) is 1.90. The van der Waals surface area contributed by atoms with Gasteiger partial charge in [0.2, 0.25) is 0 Å². The third-order valence-electron chi connectivity index (χ3n) is 1.90. The Morgan fingerprint density at radius 2 is 2.00 bits per heavy atom. The number of carbonyl (C=O) groups is 1. The van der Waals surface area contributed by atoms with Crippen LogP contribution in [0.15, 0.2) is 18.2 Å². The first-order chi connectivity index (χ1) is 6.32. The number of Topliss-reactive ketones (excluding diaryl/α,β-unsaturated/α-hetero) is 1. The van der Waals surface area contributed by atoms with Gasteiger partial charge in [-0.05, 0) is 32.4 Å². The smallest absolute Gasteiger partial charge is 0.193 e. The summed E-state index contributed by atoms with van der Waals surface area (Å²) >= 11 is 0. The van der Waals surface area contributed by atoms with E-state index in [1.165, 1.54) is 32.0 Å². The number of phenolic OH excluding ortho intramolecular Hbond substituents is 1. The Morgan fingerprint density at radius 3 is 2.43 bits per heavy atom. The van der Waals surface area contributed by atoms with E-state index in [0.29, 0.717) is 5.56 Å². The second-order valence-corrected chi connectivity index (χ2v) is 3.73. The number of aromatic hydroxyl groups is 1. The first-order valence-electron chi connectivity index (χ1n) is 4.24. The van der Waals surface area contributed by atoms with Crippen molar-refractivity contribution in [3.8, 4) is 5.75 Å². The summed E-state index contributed by atoms with van der Waals surface area (Å²) in [7, 11) is 0. The predicted octanol–water partition coefficient (Wildman–Crippen LogP) is 1.53. The summed E-state index contributed by atoms with van der Waals surface area (Å²) in [5, 5.41) is 18.8. The lowest BCUT2D eigenvalue weighted by Gasteiger charge is -2.15. The van der Waals surface area contributed by atoms with Gasteiger partial charge in [0.15, 0.2) is 5.78 Å². The van der Waals surface area contributed by atoms with Gasteiger partial charge < -0.3 is 10.2 Å². The minimum atomic E-state index is -1.42. The SMILES string of the molecule is [CH2]c1ccc(C(=O)C(C)(C)O)cc1O. The van der Waals surface area contributed by atoms with Crippen LogP contribution in [0.1, 0.15) is 29.8 Å². The molecule has 3 nitrogen and oxygen atoms in total. The molecule has 0 aromatic heterocycles. The molecule has 75 valence electrons. The number of benzene rings is 1. The van der Waals surface area contributed by atoms with E-state index in [1.54, 1.807) is 0 Å². The lowest BCUT2D eigenvalue weighted by molar-refractivity contribution is 0.0487. The fraction of sp³-hybridized carbons (Fsp3) is 0.273. The molecule has 3 heteroatoms. The minimum Gasteiger partial charge on any atom is -0.508 e. The van der Waals surface area contributed by atoms with Crippen molar-refractivity contribution in [2.45, 2.75) is 19.4 Å². The molecule has 1 aromatic rings. The van der Waals surface area contributed by atoms with E-state index in [9.17, 15) is 15.0 Å². The van der Waals surface area contributed by atoms with Crippen molar-refractivity contribution in [2.75, 3.05) is 0 Å². The molecule has 0 saturated carbocycles. The minimum absolute atomic E-state index is 0.0416.